The minimum Gasteiger partial charge on any atom is -0.0570 e. The van der Waals surface area contributed by atoms with Crippen molar-refractivity contribution in [2.45, 2.75) is 0 Å². The highest BCUT2D eigenvalue weighted by molar-refractivity contribution is 7.89. The van der Waals surface area contributed by atoms with Crippen LogP contribution in [0.4, 0.5) is 0 Å². The van der Waals surface area contributed by atoms with Crippen LogP contribution in [-0.2, 0) is 0 Å². The topological polar surface area (TPSA) is 0 Å². The van der Waals surface area contributed by atoms with E-state index in [1.165, 1.54) is 15.7 Å². The summed E-state index contributed by atoms with van der Waals surface area (Å²) in [7, 11) is 2.81. The molecule has 0 fully saturated rings. The van der Waals surface area contributed by atoms with E-state index in [0.717, 1.165) is 0 Å². The molecule has 6 heavy (non-hydrogen) atoms. The number of rotatable bonds is 0. The molecule has 0 saturated carbocycles. The van der Waals surface area contributed by atoms with E-state index in [4.69, 9.17) is 0 Å². The van der Waals surface area contributed by atoms with Crippen molar-refractivity contribution >= 4 is 15.7 Å². The highest BCUT2D eigenvalue weighted by Crippen LogP contribution is 2.15. The van der Waals surface area contributed by atoms with Gasteiger partial charge in [-0.15, -0.1) is 0 Å². The molecule has 0 bridgehead atoms. The van der Waals surface area contributed by atoms with Gasteiger partial charge in [-0.3, -0.25) is 0 Å². The van der Waals surface area contributed by atoms with Gasteiger partial charge in [0.25, 0.3) is 0 Å². The monoisotopic (exact) mass is 114 g/mol. The van der Waals surface area contributed by atoms with Gasteiger partial charge in [-0.1, -0.05) is 12.1 Å². The van der Waals surface area contributed by atoms with Gasteiger partial charge >= 0.3 is 0 Å². The van der Waals surface area contributed by atoms with Gasteiger partial charge in [0, 0.05) is 0 Å². The van der Waals surface area contributed by atoms with Crippen molar-refractivity contribution in [2.24, 2.45) is 0 Å². The lowest BCUT2D eigenvalue weighted by molar-refractivity contribution is 1.98. The zero-order valence-corrected chi connectivity index (χ0v) is 4.99. The van der Waals surface area contributed by atoms with Crippen LogP contribution in [0.25, 0.3) is 0 Å². The van der Waals surface area contributed by atoms with Gasteiger partial charge < -0.3 is 0 Å². The Balaban J connectivity index is 3.00. The summed E-state index contributed by atoms with van der Waals surface area (Å²) < 4.78 is 0. The normalized spacial score (nSPS) is 10.7. The van der Waals surface area contributed by atoms with Gasteiger partial charge in [-0.05, 0) is 27.3 Å². The van der Waals surface area contributed by atoms with Gasteiger partial charge in [-0.2, -0.15) is 0 Å². The first-order chi connectivity index (χ1) is 3.00. The minimum atomic E-state index is 1.40. The molecular weight excluding hydrogens is 110 g/mol. The highest BCUT2D eigenvalue weighted by atomic mass is 31.8. The summed E-state index contributed by atoms with van der Waals surface area (Å²) in [6.07, 6.45) is 0. The number of hydrogen-bond acceptors (Lipinski definition) is 0. The SMILES string of the molecule is c1ccppc1. The second-order valence-electron chi connectivity index (χ2n) is 0.914. The molecule has 0 aliphatic rings. The van der Waals surface area contributed by atoms with E-state index in [1.54, 1.807) is 0 Å². The Bertz CT molecular complexity index is 77.5. The lowest BCUT2D eigenvalue weighted by Crippen LogP contribution is -1.33. The fourth-order valence-corrected chi connectivity index (χ4v) is 1.68. The molecule has 1 aromatic heterocycles. The van der Waals surface area contributed by atoms with Crippen LogP contribution in [0.5, 0.6) is 0 Å². The van der Waals surface area contributed by atoms with Crippen LogP contribution in [0, 0.1) is 0 Å². The Morgan fingerprint density at radius 2 is 1.33 bits per heavy atom. The number of hydrogen-bond donors (Lipinski definition) is 0. The van der Waals surface area contributed by atoms with Crippen LogP contribution in [0.1, 0.15) is 0 Å². The summed E-state index contributed by atoms with van der Waals surface area (Å²) in [5, 5.41) is 0. The highest BCUT2D eigenvalue weighted by Gasteiger charge is 1.59. The molecule has 0 nitrogen and oxygen atoms in total. The van der Waals surface area contributed by atoms with Gasteiger partial charge in [0.05, 0.1) is 0 Å². The second-order valence-corrected chi connectivity index (χ2v) is 3.36. The standard InChI is InChI=1S/C4H4P2/c1-2-4-6-5-3-1/h1-4H. The van der Waals surface area contributed by atoms with E-state index in [0.29, 0.717) is 0 Å². The third-order valence-corrected chi connectivity index (χ3v) is 2.43. The lowest BCUT2D eigenvalue weighted by Gasteiger charge is -1.68. The largest absolute Gasteiger partial charge is 0.0570 e. The maximum Gasteiger partial charge on any atom is -0.0301 e. The second kappa shape index (κ2) is 2.29. The van der Waals surface area contributed by atoms with Crippen molar-refractivity contribution in [1.29, 1.82) is 0 Å². The molecule has 0 atom stereocenters. The maximum atomic E-state index is 2.14. The predicted octanol–water partition coefficient (Wildman–Crippen LogP) is 2.85. The molecule has 0 aliphatic carbocycles. The molecule has 1 rings (SSSR count). The lowest BCUT2D eigenvalue weighted by atomic mass is 10.7. The Morgan fingerprint density at radius 3 is 1.50 bits per heavy atom. The fourth-order valence-electron chi connectivity index (χ4n) is 0.253. The minimum absolute atomic E-state index is 1.40. The quantitative estimate of drug-likeness (QED) is 0.486. The zero-order valence-electron chi connectivity index (χ0n) is 3.20. The molecule has 30 valence electrons. The third kappa shape index (κ3) is 1.05. The van der Waals surface area contributed by atoms with Gasteiger partial charge in [-0.25, -0.2) is 0 Å². The van der Waals surface area contributed by atoms with E-state index in [1.807, 2.05) is 0 Å². The summed E-state index contributed by atoms with van der Waals surface area (Å²) in [6, 6.07) is 4.14. The molecule has 1 heterocycles. The van der Waals surface area contributed by atoms with E-state index in [2.05, 4.69) is 23.7 Å². The first-order valence-electron chi connectivity index (χ1n) is 1.72. The molecule has 2 heteroatoms. The van der Waals surface area contributed by atoms with E-state index < -0.39 is 0 Å². The smallest absolute Gasteiger partial charge is 0.0301 e. The zero-order chi connectivity index (χ0) is 4.24. The average molecular weight is 114 g/mol. The Labute approximate surface area is 40.3 Å². The molecule has 0 amide bonds. The molecular formula is C4H4P2. The molecule has 0 aliphatic heterocycles. The molecule has 0 spiro atoms. The summed E-state index contributed by atoms with van der Waals surface area (Å²) >= 11 is 0. The predicted molar refractivity (Wildman–Crippen MR) is 31.5 cm³/mol. The van der Waals surface area contributed by atoms with Crippen LogP contribution in [0.15, 0.2) is 23.7 Å². The average Bonchev–Trinajstić information content (AvgIpc) is 1.72. The molecule has 0 N–H and O–H groups in total. The van der Waals surface area contributed by atoms with E-state index >= 15 is 0 Å². The summed E-state index contributed by atoms with van der Waals surface area (Å²) in [5.74, 6) is 4.28. The molecule has 0 aromatic carbocycles. The Morgan fingerprint density at radius 1 is 0.833 bits per heavy atom. The van der Waals surface area contributed by atoms with E-state index in [9.17, 15) is 0 Å². The molecule has 0 saturated heterocycles. The van der Waals surface area contributed by atoms with Crippen molar-refractivity contribution in [3.63, 3.8) is 0 Å². The summed E-state index contributed by atoms with van der Waals surface area (Å²) in [5.41, 5.74) is 0. The Kier molecular flexibility index (Phi) is 1.62. The van der Waals surface area contributed by atoms with Crippen molar-refractivity contribution in [2.75, 3.05) is 0 Å². The van der Waals surface area contributed by atoms with Crippen molar-refractivity contribution in [3.05, 3.63) is 23.7 Å². The van der Waals surface area contributed by atoms with Crippen molar-refractivity contribution in [1.82, 2.24) is 0 Å². The summed E-state index contributed by atoms with van der Waals surface area (Å²) in [6.45, 7) is 0. The van der Waals surface area contributed by atoms with Crippen LogP contribution >= 0.6 is 15.7 Å². The van der Waals surface area contributed by atoms with Crippen molar-refractivity contribution in [3.8, 4) is 0 Å². The van der Waals surface area contributed by atoms with Crippen LogP contribution < -0.4 is 0 Å². The Hall–Kier alpha value is 0.0800. The van der Waals surface area contributed by atoms with Gasteiger partial charge in [0.15, 0.2) is 0 Å². The first-order valence-corrected chi connectivity index (χ1v) is 4.35. The first kappa shape index (κ1) is 4.24. The van der Waals surface area contributed by atoms with Crippen LogP contribution in [0.2, 0.25) is 0 Å². The van der Waals surface area contributed by atoms with E-state index in [-0.39, 0.29) is 0 Å². The maximum absolute atomic E-state index is 2.14. The van der Waals surface area contributed by atoms with Crippen LogP contribution in [0.3, 0.4) is 0 Å². The summed E-state index contributed by atoms with van der Waals surface area (Å²) in [4.78, 5) is 0. The van der Waals surface area contributed by atoms with Crippen LogP contribution in [-0.4, -0.2) is 0 Å². The fraction of sp³-hybridized carbons (Fsp3) is 0. The molecule has 1 aromatic rings. The van der Waals surface area contributed by atoms with Gasteiger partial charge in [0.2, 0.25) is 0 Å². The third-order valence-electron chi connectivity index (χ3n) is 0.483. The van der Waals surface area contributed by atoms with Crippen molar-refractivity contribution < 1.29 is 0 Å². The molecule has 0 radical (unpaired) electrons. The van der Waals surface area contributed by atoms with Gasteiger partial charge in [0.1, 0.15) is 0 Å². The molecule has 0 unspecified atom stereocenters.